The summed E-state index contributed by atoms with van der Waals surface area (Å²) in [4.78, 5) is 27.4. The standard InChI is InChI=1S/C22H23ClN2O3/c23-20-8-3-17(4-9-20)5-10-21(26)25-15-13-24(14-16-25)12-11-18-1-6-19(7-2-18)22(27)28/h1-10H,11-16H2,(H,27,28). The van der Waals surface area contributed by atoms with Gasteiger partial charge in [-0.25, -0.2) is 4.79 Å². The van der Waals surface area contributed by atoms with Gasteiger partial charge in [-0.3, -0.25) is 9.69 Å². The topological polar surface area (TPSA) is 60.9 Å². The van der Waals surface area contributed by atoms with E-state index in [1.54, 1.807) is 30.3 Å². The van der Waals surface area contributed by atoms with Crippen molar-refractivity contribution < 1.29 is 14.7 Å². The van der Waals surface area contributed by atoms with E-state index in [9.17, 15) is 9.59 Å². The predicted molar refractivity (Wildman–Crippen MR) is 111 cm³/mol. The zero-order chi connectivity index (χ0) is 19.9. The molecule has 0 atom stereocenters. The number of benzene rings is 2. The van der Waals surface area contributed by atoms with Crippen LogP contribution in [-0.2, 0) is 11.2 Å². The van der Waals surface area contributed by atoms with Crippen LogP contribution in [0.15, 0.2) is 54.6 Å². The highest BCUT2D eigenvalue weighted by atomic mass is 35.5. The average molecular weight is 399 g/mol. The molecule has 1 N–H and O–H groups in total. The number of carbonyl (C=O) groups is 2. The van der Waals surface area contributed by atoms with Crippen molar-refractivity contribution in [2.45, 2.75) is 6.42 Å². The number of hydrogen-bond donors (Lipinski definition) is 1. The van der Waals surface area contributed by atoms with E-state index in [0.29, 0.717) is 23.7 Å². The van der Waals surface area contributed by atoms with Crippen LogP contribution in [0.2, 0.25) is 5.02 Å². The molecule has 1 saturated heterocycles. The molecule has 1 aliphatic rings. The molecular formula is C22H23ClN2O3. The van der Waals surface area contributed by atoms with Gasteiger partial charge in [0.1, 0.15) is 0 Å². The molecule has 2 aromatic rings. The summed E-state index contributed by atoms with van der Waals surface area (Å²) in [5.41, 5.74) is 2.38. The maximum absolute atomic E-state index is 12.4. The van der Waals surface area contributed by atoms with E-state index in [0.717, 1.165) is 37.2 Å². The lowest BCUT2D eigenvalue weighted by Gasteiger charge is -2.34. The van der Waals surface area contributed by atoms with Gasteiger partial charge in [0.05, 0.1) is 5.56 Å². The summed E-state index contributed by atoms with van der Waals surface area (Å²) in [5, 5.41) is 9.62. The SMILES string of the molecule is O=C(O)c1ccc(CCN2CCN(C(=O)C=Cc3ccc(Cl)cc3)CC2)cc1. The maximum atomic E-state index is 12.4. The average Bonchev–Trinajstić information content (AvgIpc) is 2.72. The molecule has 5 nitrogen and oxygen atoms in total. The first-order valence-electron chi connectivity index (χ1n) is 9.28. The first-order valence-corrected chi connectivity index (χ1v) is 9.66. The van der Waals surface area contributed by atoms with Crippen molar-refractivity contribution in [2.24, 2.45) is 0 Å². The van der Waals surface area contributed by atoms with Gasteiger partial charge in [-0.2, -0.15) is 0 Å². The fraction of sp³-hybridized carbons (Fsp3) is 0.273. The molecule has 1 fully saturated rings. The maximum Gasteiger partial charge on any atom is 0.335 e. The van der Waals surface area contributed by atoms with Crippen LogP contribution in [0.25, 0.3) is 6.08 Å². The summed E-state index contributed by atoms with van der Waals surface area (Å²) in [6.07, 6.45) is 4.29. The van der Waals surface area contributed by atoms with E-state index in [-0.39, 0.29) is 5.91 Å². The molecule has 146 valence electrons. The second-order valence-corrected chi connectivity index (χ2v) is 7.24. The summed E-state index contributed by atoms with van der Waals surface area (Å²) in [6.45, 7) is 4.00. The number of carbonyl (C=O) groups excluding carboxylic acids is 1. The van der Waals surface area contributed by atoms with Gasteiger partial charge < -0.3 is 10.0 Å². The molecule has 0 radical (unpaired) electrons. The van der Waals surface area contributed by atoms with Crippen LogP contribution in [0.5, 0.6) is 0 Å². The number of hydrogen-bond acceptors (Lipinski definition) is 3. The van der Waals surface area contributed by atoms with Gasteiger partial charge >= 0.3 is 5.97 Å². The molecule has 3 rings (SSSR count). The van der Waals surface area contributed by atoms with Crippen molar-refractivity contribution >= 4 is 29.6 Å². The Morgan fingerprint density at radius 1 is 0.964 bits per heavy atom. The highest BCUT2D eigenvalue weighted by Gasteiger charge is 2.19. The molecule has 1 amide bonds. The summed E-state index contributed by atoms with van der Waals surface area (Å²) >= 11 is 5.87. The molecular weight excluding hydrogens is 376 g/mol. The molecule has 0 spiro atoms. The van der Waals surface area contributed by atoms with Crippen molar-refractivity contribution in [2.75, 3.05) is 32.7 Å². The van der Waals surface area contributed by atoms with Crippen molar-refractivity contribution in [3.8, 4) is 0 Å². The Bertz CT molecular complexity index is 839. The Morgan fingerprint density at radius 2 is 1.61 bits per heavy atom. The molecule has 0 aliphatic carbocycles. The van der Waals surface area contributed by atoms with E-state index in [2.05, 4.69) is 4.90 Å². The number of carboxylic acid groups (broad SMARTS) is 1. The van der Waals surface area contributed by atoms with Crippen molar-refractivity contribution in [1.29, 1.82) is 0 Å². The van der Waals surface area contributed by atoms with Gasteiger partial charge in [0.2, 0.25) is 5.91 Å². The largest absolute Gasteiger partial charge is 0.478 e. The van der Waals surface area contributed by atoms with Crippen LogP contribution in [0.4, 0.5) is 0 Å². The number of nitrogens with zero attached hydrogens (tertiary/aromatic N) is 2. The van der Waals surface area contributed by atoms with E-state index in [1.807, 2.05) is 35.2 Å². The Hall–Kier alpha value is -2.63. The fourth-order valence-corrected chi connectivity index (χ4v) is 3.27. The molecule has 28 heavy (non-hydrogen) atoms. The van der Waals surface area contributed by atoms with Gasteiger partial charge in [-0.1, -0.05) is 35.9 Å². The minimum absolute atomic E-state index is 0.0267. The lowest BCUT2D eigenvalue weighted by atomic mass is 10.1. The molecule has 0 unspecified atom stereocenters. The number of rotatable bonds is 6. The van der Waals surface area contributed by atoms with Gasteiger partial charge in [0.25, 0.3) is 0 Å². The highest BCUT2D eigenvalue weighted by molar-refractivity contribution is 6.30. The molecule has 0 aromatic heterocycles. The number of carboxylic acids is 1. The van der Waals surface area contributed by atoms with Crippen molar-refractivity contribution in [3.63, 3.8) is 0 Å². The van der Waals surface area contributed by atoms with Gasteiger partial charge in [-0.15, -0.1) is 0 Å². The van der Waals surface area contributed by atoms with E-state index < -0.39 is 5.97 Å². The highest BCUT2D eigenvalue weighted by Crippen LogP contribution is 2.12. The lowest BCUT2D eigenvalue weighted by molar-refractivity contribution is -0.127. The predicted octanol–water partition coefficient (Wildman–Crippen LogP) is 3.44. The normalized spacial score (nSPS) is 15.1. The van der Waals surface area contributed by atoms with E-state index in [4.69, 9.17) is 16.7 Å². The first-order chi connectivity index (χ1) is 13.5. The summed E-state index contributed by atoms with van der Waals surface area (Å²) in [7, 11) is 0. The third-order valence-corrected chi connectivity index (χ3v) is 5.14. The van der Waals surface area contributed by atoms with E-state index >= 15 is 0 Å². The van der Waals surface area contributed by atoms with Crippen molar-refractivity contribution in [3.05, 3.63) is 76.3 Å². The van der Waals surface area contributed by atoms with Crippen molar-refractivity contribution in [1.82, 2.24) is 9.80 Å². The third-order valence-electron chi connectivity index (χ3n) is 4.89. The van der Waals surface area contributed by atoms with Gasteiger partial charge in [-0.05, 0) is 47.9 Å². The molecule has 6 heteroatoms. The molecule has 1 heterocycles. The molecule has 2 aromatic carbocycles. The summed E-state index contributed by atoms with van der Waals surface area (Å²) in [5.74, 6) is -0.878. The quantitative estimate of drug-likeness (QED) is 0.757. The zero-order valence-corrected chi connectivity index (χ0v) is 16.3. The Kier molecular flexibility index (Phi) is 6.85. The number of amides is 1. The molecule has 0 bridgehead atoms. The first kappa shape index (κ1) is 20.1. The summed E-state index contributed by atoms with van der Waals surface area (Å²) < 4.78 is 0. The van der Waals surface area contributed by atoms with Gasteiger partial charge in [0, 0.05) is 43.8 Å². The Balaban J connectivity index is 1.43. The number of halogens is 1. The van der Waals surface area contributed by atoms with Gasteiger partial charge in [0.15, 0.2) is 0 Å². The van der Waals surface area contributed by atoms with Crippen LogP contribution in [0, 0.1) is 0 Å². The monoisotopic (exact) mass is 398 g/mol. The molecule has 1 aliphatic heterocycles. The van der Waals surface area contributed by atoms with Crippen LogP contribution in [-0.4, -0.2) is 59.5 Å². The van der Waals surface area contributed by atoms with Crippen LogP contribution < -0.4 is 0 Å². The number of piperazine rings is 1. The number of aromatic carboxylic acids is 1. The minimum Gasteiger partial charge on any atom is -0.478 e. The Labute approximate surface area is 169 Å². The van der Waals surface area contributed by atoms with Crippen LogP contribution in [0.3, 0.4) is 0 Å². The van der Waals surface area contributed by atoms with Crippen LogP contribution >= 0.6 is 11.6 Å². The Morgan fingerprint density at radius 3 is 2.21 bits per heavy atom. The second kappa shape index (κ2) is 9.53. The van der Waals surface area contributed by atoms with Crippen LogP contribution in [0.1, 0.15) is 21.5 Å². The summed E-state index contributed by atoms with van der Waals surface area (Å²) in [6, 6.07) is 14.4. The molecule has 0 saturated carbocycles. The second-order valence-electron chi connectivity index (χ2n) is 6.80. The smallest absolute Gasteiger partial charge is 0.335 e. The van der Waals surface area contributed by atoms with E-state index in [1.165, 1.54) is 0 Å². The lowest BCUT2D eigenvalue weighted by Crippen LogP contribution is -2.48. The fourth-order valence-electron chi connectivity index (χ4n) is 3.14. The minimum atomic E-state index is -0.905. The zero-order valence-electron chi connectivity index (χ0n) is 15.6. The third kappa shape index (κ3) is 5.68.